The highest BCUT2D eigenvalue weighted by Crippen LogP contribution is 2.35. The maximum absolute atomic E-state index is 12.5. The van der Waals surface area contributed by atoms with Crippen LogP contribution in [-0.4, -0.2) is 17.5 Å². The molecule has 0 radical (unpaired) electrons. The number of para-hydroxylation sites is 1. The lowest BCUT2D eigenvalue weighted by molar-refractivity contribution is 0.103. The first-order valence-electron chi connectivity index (χ1n) is 7.37. The Labute approximate surface area is 137 Å². The number of nitrogens with two attached hydrogens (primary N) is 1. The lowest BCUT2D eigenvalue weighted by Crippen LogP contribution is -2.12. The Bertz CT molecular complexity index is 890. The number of hydrogen-bond donors (Lipinski definition) is 2. The summed E-state index contributed by atoms with van der Waals surface area (Å²) >= 11 is 1.34. The molecule has 1 aliphatic rings. The van der Waals surface area contributed by atoms with Gasteiger partial charge in [0.1, 0.15) is 9.71 Å². The molecule has 1 amide bonds. The molecule has 0 unspecified atom stereocenters. The van der Waals surface area contributed by atoms with Crippen molar-refractivity contribution in [1.82, 2.24) is 4.98 Å². The molecule has 0 fully saturated rings. The molecule has 5 nitrogen and oxygen atoms in total. The molecule has 116 valence electrons. The van der Waals surface area contributed by atoms with Crippen molar-refractivity contribution in [3.05, 3.63) is 52.5 Å². The molecule has 0 saturated heterocycles. The Kier molecular flexibility index (Phi) is 3.48. The van der Waals surface area contributed by atoms with Crippen LogP contribution in [0.25, 0.3) is 10.2 Å². The van der Waals surface area contributed by atoms with E-state index >= 15 is 0 Å². The van der Waals surface area contributed by atoms with Crippen LogP contribution in [0.4, 0.5) is 11.4 Å². The first-order valence-corrected chi connectivity index (χ1v) is 8.19. The monoisotopic (exact) mass is 325 g/mol. The number of rotatable bonds is 2. The standard InChI is InChI=1S/C17H15N3O2S/c18-14-12-8-10-9-22-7-6-13(10)20-17(12)23-15(14)16(21)19-11-4-2-1-3-5-11/h1-5,8H,6-7,9,18H2,(H,19,21). The Morgan fingerprint density at radius 2 is 2.13 bits per heavy atom. The van der Waals surface area contributed by atoms with Crippen molar-refractivity contribution >= 4 is 38.8 Å². The summed E-state index contributed by atoms with van der Waals surface area (Å²) in [6.45, 7) is 1.24. The molecule has 0 atom stereocenters. The molecule has 1 aromatic carbocycles. The average molecular weight is 325 g/mol. The number of thiophene rings is 1. The van der Waals surface area contributed by atoms with Gasteiger partial charge in [-0.15, -0.1) is 11.3 Å². The van der Waals surface area contributed by atoms with Crippen LogP contribution in [0.15, 0.2) is 36.4 Å². The number of benzene rings is 1. The molecule has 3 N–H and O–H groups in total. The normalized spacial score (nSPS) is 13.7. The summed E-state index contributed by atoms with van der Waals surface area (Å²) < 4.78 is 5.46. The lowest BCUT2D eigenvalue weighted by Gasteiger charge is -2.15. The van der Waals surface area contributed by atoms with E-state index < -0.39 is 0 Å². The Balaban J connectivity index is 1.72. The molecule has 0 aliphatic carbocycles. The van der Waals surface area contributed by atoms with Crippen LogP contribution in [0.3, 0.4) is 0 Å². The van der Waals surface area contributed by atoms with E-state index in [-0.39, 0.29) is 5.91 Å². The van der Waals surface area contributed by atoms with Crippen LogP contribution in [0.1, 0.15) is 20.9 Å². The van der Waals surface area contributed by atoms with Crippen molar-refractivity contribution in [2.45, 2.75) is 13.0 Å². The minimum Gasteiger partial charge on any atom is -0.397 e. The van der Waals surface area contributed by atoms with Gasteiger partial charge in [0.25, 0.3) is 5.91 Å². The molecule has 4 rings (SSSR count). The molecule has 0 bridgehead atoms. The van der Waals surface area contributed by atoms with E-state index in [1.807, 2.05) is 36.4 Å². The highest BCUT2D eigenvalue weighted by Gasteiger charge is 2.20. The van der Waals surface area contributed by atoms with Gasteiger partial charge in [-0.25, -0.2) is 4.98 Å². The average Bonchev–Trinajstić information content (AvgIpc) is 2.90. The van der Waals surface area contributed by atoms with E-state index in [0.717, 1.165) is 33.6 Å². The SMILES string of the molecule is Nc1c(C(=O)Nc2ccccc2)sc2nc3c(cc12)COCC3. The van der Waals surface area contributed by atoms with Crippen LogP contribution < -0.4 is 11.1 Å². The van der Waals surface area contributed by atoms with E-state index in [9.17, 15) is 4.79 Å². The Morgan fingerprint density at radius 1 is 1.30 bits per heavy atom. The van der Waals surface area contributed by atoms with Crippen LogP contribution in [-0.2, 0) is 17.8 Å². The summed E-state index contributed by atoms with van der Waals surface area (Å²) in [6.07, 6.45) is 0.800. The van der Waals surface area contributed by atoms with Crippen molar-refractivity contribution in [1.29, 1.82) is 0 Å². The number of amides is 1. The molecule has 6 heteroatoms. The number of carbonyl (C=O) groups is 1. The zero-order valence-corrected chi connectivity index (χ0v) is 13.2. The van der Waals surface area contributed by atoms with Crippen molar-refractivity contribution in [3.8, 4) is 0 Å². The minimum absolute atomic E-state index is 0.203. The van der Waals surface area contributed by atoms with Crippen LogP contribution >= 0.6 is 11.3 Å². The number of hydrogen-bond acceptors (Lipinski definition) is 5. The number of nitrogens with one attached hydrogen (secondary N) is 1. The van der Waals surface area contributed by atoms with Gasteiger partial charge < -0.3 is 15.8 Å². The molecule has 0 saturated carbocycles. The highest BCUT2D eigenvalue weighted by molar-refractivity contribution is 7.21. The van der Waals surface area contributed by atoms with Crippen molar-refractivity contribution < 1.29 is 9.53 Å². The van der Waals surface area contributed by atoms with E-state index in [4.69, 9.17) is 10.5 Å². The molecular weight excluding hydrogens is 310 g/mol. The topological polar surface area (TPSA) is 77.2 Å². The first kappa shape index (κ1) is 14.2. The van der Waals surface area contributed by atoms with Crippen LogP contribution in [0.5, 0.6) is 0 Å². The molecule has 0 spiro atoms. The van der Waals surface area contributed by atoms with E-state index in [0.29, 0.717) is 23.8 Å². The summed E-state index contributed by atoms with van der Waals surface area (Å²) in [5.41, 5.74) is 9.53. The molecule has 3 heterocycles. The number of nitrogens with zero attached hydrogens (tertiary/aromatic N) is 1. The van der Waals surface area contributed by atoms with Gasteiger partial charge in [0.05, 0.1) is 18.9 Å². The Hall–Kier alpha value is -2.44. The number of ether oxygens (including phenoxy) is 1. The van der Waals surface area contributed by atoms with Gasteiger partial charge in [0.2, 0.25) is 0 Å². The predicted octanol–water partition coefficient (Wildman–Crippen LogP) is 3.20. The summed E-state index contributed by atoms with van der Waals surface area (Å²) in [5.74, 6) is -0.203. The second-order valence-electron chi connectivity index (χ2n) is 5.41. The van der Waals surface area contributed by atoms with Gasteiger partial charge in [-0.05, 0) is 18.2 Å². The van der Waals surface area contributed by atoms with Crippen molar-refractivity contribution in [2.24, 2.45) is 0 Å². The quantitative estimate of drug-likeness (QED) is 0.758. The van der Waals surface area contributed by atoms with Gasteiger partial charge in [0, 0.05) is 28.8 Å². The number of nitrogen functional groups attached to an aromatic ring is 1. The molecule has 23 heavy (non-hydrogen) atoms. The maximum atomic E-state index is 12.5. The molecule has 3 aromatic rings. The highest BCUT2D eigenvalue weighted by atomic mass is 32.1. The number of fused-ring (bicyclic) bond motifs is 2. The molecular formula is C17H15N3O2S. The minimum atomic E-state index is -0.203. The Morgan fingerprint density at radius 3 is 2.96 bits per heavy atom. The van der Waals surface area contributed by atoms with E-state index in [2.05, 4.69) is 10.3 Å². The predicted molar refractivity (Wildman–Crippen MR) is 91.8 cm³/mol. The number of aromatic nitrogens is 1. The smallest absolute Gasteiger partial charge is 0.267 e. The molecule has 2 aromatic heterocycles. The third kappa shape index (κ3) is 2.56. The van der Waals surface area contributed by atoms with Gasteiger partial charge in [-0.2, -0.15) is 0 Å². The van der Waals surface area contributed by atoms with Gasteiger partial charge >= 0.3 is 0 Å². The third-order valence-corrected chi connectivity index (χ3v) is 4.98. The zero-order chi connectivity index (χ0) is 15.8. The summed E-state index contributed by atoms with van der Waals surface area (Å²) in [4.78, 5) is 18.5. The van der Waals surface area contributed by atoms with Gasteiger partial charge in [-0.1, -0.05) is 18.2 Å². The third-order valence-electron chi connectivity index (χ3n) is 3.87. The zero-order valence-electron chi connectivity index (χ0n) is 12.3. The summed E-state index contributed by atoms with van der Waals surface area (Å²) in [5, 5.41) is 3.70. The van der Waals surface area contributed by atoms with Crippen molar-refractivity contribution in [3.63, 3.8) is 0 Å². The van der Waals surface area contributed by atoms with Gasteiger partial charge in [-0.3, -0.25) is 4.79 Å². The van der Waals surface area contributed by atoms with Crippen molar-refractivity contribution in [2.75, 3.05) is 17.7 Å². The van der Waals surface area contributed by atoms with Crippen LogP contribution in [0.2, 0.25) is 0 Å². The number of anilines is 2. The largest absolute Gasteiger partial charge is 0.397 e. The maximum Gasteiger partial charge on any atom is 0.267 e. The lowest BCUT2D eigenvalue weighted by atomic mass is 10.1. The van der Waals surface area contributed by atoms with E-state index in [1.54, 1.807) is 0 Å². The fourth-order valence-electron chi connectivity index (χ4n) is 2.69. The number of carbonyl (C=O) groups excluding carboxylic acids is 1. The summed E-state index contributed by atoms with van der Waals surface area (Å²) in [7, 11) is 0. The summed E-state index contributed by atoms with van der Waals surface area (Å²) in [6, 6.07) is 11.3. The number of pyridine rings is 1. The first-order chi connectivity index (χ1) is 11.2. The fourth-order valence-corrected chi connectivity index (χ4v) is 3.68. The fraction of sp³-hybridized carbons (Fsp3) is 0.176. The second kappa shape index (κ2) is 5.64. The van der Waals surface area contributed by atoms with Gasteiger partial charge in [0.15, 0.2) is 0 Å². The second-order valence-corrected chi connectivity index (χ2v) is 6.41. The van der Waals surface area contributed by atoms with Crippen LogP contribution in [0, 0.1) is 0 Å². The molecule has 1 aliphatic heterocycles. The van der Waals surface area contributed by atoms with E-state index in [1.165, 1.54) is 11.3 Å².